The molecule has 0 heterocycles. The van der Waals surface area contributed by atoms with Crippen LogP contribution in [0.5, 0.6) is 0 Å². The topological polar surface area (TPSA) is 103 Å². The average Bonchev–Trinajstić information content (AvgIpc) is 2.26. The number of hydrogen-bond donors (Lipinski definition) is 3. The summed E-state index contributed by atoms with van der Waals surface area (Å²) in [6, 6.07) is 0. The number of hydrogen-bond acceptors (Lipinski definition) is 3. The molecule has 1 aliphatic rings. The summed E-state index contributed by atoms with van der Waals surface area (Å²) in [6.45, 7) is 0.599. The summed E-state index contributed by atoms with van der Waals surface area (Å²) in [5.41, 5.74) is 18.4. The molecule has 0 radical (unpaired) electrons. The van der Waals surface area contributed by atoms with Gasteiger partial charge in [0.1, 0.15) is 12.2 Å². The van der Waals surface area contributed by atoms with Crippen LogP contribution in [0.4, 0.5) is 0 Å². The van der Waals surface area contributed by atoms with Gasteiger partial charge in [0.15, 0.2) is 0 Å². The van der Waals surface area contributed by atoms with E-state index in [2.05, 4.69) is 16.3 Å². The van der Waals surface area contributed by atoms with Crippen LogP contribution in [0.15, 0.2) is 33.5 Å². The Morgan fingerprint density at radius 1 is 1.43 bits per heavy atom. The van der Waals surface area contributed by atoms with Crippen LogP contribution in [0, 0.1) is 0 Å². The van der Waals surface area contributed by atoms with Crippen molar-refractivity contribution in [3.63, 3.8) is 0 Å². The SMILES string of the molecule is NC=NN=C(N)C1=CCC(CN)=CC1. The Morgan fingerprint density at radius 3 is 2.71 bits per heavy atom. The summed E-state index contributed by atoms with van der Waals surface area (Å²) in [7, 11) is 0. The van der Waals surface area contributed by atoms with E-state index in [0.29, 0.717) is 12.4 Å². The van der Waals surface area contributed by atoms with Crippen molar-refractivity contribution in [3.05, 3.63) is 23.3 Å². The van der Waals surface area contributed by atoms with E-state index in [0.717, 1.165) is 24.8 Å². The standard InChI is InChI=1S/C9H15N5/c10-5-7-1-3-8(4-2-7)9(12)14-13-6-11/h1,4,6H,2-3,5,10H2,(H2,11,13)(H2,12,14). The lowest BCUT2D eigenvalue weighted by Gasteiger charge is -2.11. The molecular weight excluding hydrogens is 178 g/mol. The molecule has 0 unspecified atom stereocenters. The van der Waals surface area contributed by atoms with Crippen LogP contribution in [-0.2, 0) is 0 Å². The molecule has 5 nitrogen and oxygen atoms in total. The molecule has 0 saturated heterocycles. The van der Waals surface area contributed by atoms with Gasteiger partial charge in [-0.05, 0) is 18.4 Å². The maximum absolute atomic E-state index is 5.67. The molecule has 6 N–H and O–H groups in total. The van der Waals surface area contributed by atoms with Crippen LogP contribution in [0.1, 0.15) is 12.8 Å². The molecule has 5 heteroatoms. The molecule has 76 valence electrons. The molecule has 0 fully saturated rings. The van der Waals surface area contributed by atoms with Gasteiger partial charge in [-0.3, -0.25) is 0 Å². The minimum Gasteiger partial charge on any atom is -0.388 e. The molecule has 0 bridgehead atoms. The minimum atomic E-state index is 0.416. The van der Waals surface area contributed by atoms with Crippen molar-refractivity contribution in [1.29, 1.82) is 0 Å². The second-order valence-corrected chi connectivity index (χ2v) is 2.95. The van der Waals surface area contributed by atoms with Gasteiger partial charge < -0.3 is 17.2 Å². The van der Waals surface area contributed by atoms with Crippen molar-refractivity contribution in [2.75, 3.05) is 6.54 Å². The zero-order chi connectivity index (χ0) is 10.4. The van der Waals surface area contributed by atoms with Crippen LogP contribution in [0.25, 0.3) is 0 Å². The second kappa shape index (κ2) is 5.18. The molecule has 1 rings (SSSR count). The van der Waals surface area contributed by atoms with Crippen molar-refractivity contribution in [3.8, 4) is 0 Å². The Labute approximate surface area is 83.1 Å². The van der Waals surface area contributed by atoms with Gasteiger partial charge in [0, 0.05) is 6.54 Å². The second-order valence-electron chi connectivity index (χ2n) is 2.95. The quantitative estimate of drug-likeness (QED) is 0.251. The zero-order valence-electron chi connectivity index (χ0n) is 7.98. The van der Waals surface area contributed by atoms with Crippen molar-refractivity contribution in [1.82, 2.24) is 0 Å². The molecule has 0 aromatic rings. The minimum absolute atomic E-state index is 0.416. The van der Waals surface area contributed by atoms with Crippen LogP contribution < -0.4 is 17.2 Å². The van der Waals surface area contributed by atoms with E-state index in [1.165, 1.54) is 5.57 Å². The van der Waals surface area contributed by atoms with Gasteiger partial charge in [-0.15, -0.1) is 10.2 Å². The lowest BCUT2D eigenvalue weighted by Crippen LogP contribution is -2.17. The largest absolute Gasteiger partial charge is 0.388 e. The molecule has 0 atom stereocenters. The predicted molar refractivity (Wildman–Crippen MR) is 58.8 cm³/mol. The first-order valence-corrected chi connectivity index (χ1v) is 4.42. The molecule has 0 spiro atoms. The number of nitrogens with zero attached hydrogens (tertiary/aromatic N) is 2. The highest BCUT2D eigenvalue weighted by molar-refractivity contribution is 5.97. The summed E-state index contributed by atoms with van der Waals surface area (Å²) in [5, 5.41) is 7.24. The van der Waals surface area contributed by atoms with Crippen LogP contribution >= 0.6 is 0 Å². The summed E-state index contributed by atoms with van der Waals surface area (Å²) in [4.78, 5) is 0. The molecule has 0 amide bonds. The first kappa shape index (κ1) is 10.5. The van der Waals surface area contributed by atoms with Crippen LogP contribution in [0.2, 0.25) is 0 Å². The fraction of sp³-hybridized carbons (Fsp3) is 0.333. The van der Waals surface area contributed by atoms with E-state index < -0.39 is 0 Å². The van der Waals surface area contributed by atoms with Gasteiger partial charge in [0.05, 0.1) is 0 Å². The van der Waals surface area contributed by atoms with Gasteiger partial charge in [-0.2, -0.15) is 0 Å². The van der Waals surface area contributed by atoms with Gasteiger partial charge in [-0.1, -0.05) is 17.7 Å². The van der Waals surface area contributed by atoms with E-state index in [4.69, 9.17) is 17.2 Å². The molecule has 0 saturated carbocycles. The summed E-state index contributed by atoms with van der Waals surface area (Å²) < 4.78 is 0. The predicted octanol–water partition coefficient (Wildman–Crippen LogP) is -0.149. The smallest absolute Gasteiger partial charge is 0.149 e. The highest BCUT2D eigenvalue weighted by Crippen LogP contribution is 2.16. The number of rotatable bonds is 3. The lowest BCUT2D eigenvalue weighted by molar-refractivity contribution is 1.00. The van der Waals surface area contributed by atoms with E-state index in [-0.39, 0.29) is 0 Å². The van der Waals surface area contributed by atoms with Gasteiger partial charge in [-0.25, -0.2) is 0 Å². The Kier molecular flexibility index (Phi) is 3.87. The number of nitrogens with two attached hydrogens (primary N) is 3. The number of amidine groups is 1. The third-order valence-electron chi connectivity index (χ3n) is 2.04. The van der Waals surface area contributed by atoms with Crippen molar-refractivity contribution >= 4 is 12.2 Å². The fourth-order valence-corrected chi connectivity index (χ4v) is 1.21. The maximum Gasteiger partial charge on any atom is 0.149 e. The Bertz CT molecular complexity index is 311. The van der Waals surface area contributed by atoms with Gasteiger partial charge >= 0.3 is 0 Å². The average molecular weight is 193 g/mol. The van der Waals surface area contributed by atoms with Gasteiger partial charge in [0.2, 0.25) is 0 Å². The Morgan fingerprint density at radius 2 is 2.21 bits per heavy atom. The molecule has 0 aromatic heterocycles. The van der Waals surface area contributed by atoms with Crippen molar-refractivity contribution < 1.29 is 0 Å². The summed E-state index contributed by atoms with van der Waals surface area (Å²) in [5.74, 6) is 0.416. The summed E-state index contributed by atoms with van der Waals surface area (Å²) >= 11 is 0. The lowest BCUT2D eigenvalue weighted by atomic mass is 9.99. The number of allylic oxidation sites excluding steroid dienone is 2. The molecule has 14 heavy (non-hydrogen) atoms. The molecule has 0 aromatic carbocycles. The van der Waals surface area contributed by atoms with E-state index >= 15 is 0 Å². The highest BCUT2D eigenvalue weighted by Gasteiger charge is 2.07. The third-order valence-corrected chi connectivity index (χ3v) is 2.04. The Hall–Kier alpha value is -1.62. The Balaban J connectivity index is 2.61. The molecule has 0 aliphatic heterocycles. The third kappa shape index (κ3) is 2.70. The molecule has 1 aliphatic carbocycles. The first-order valence-electron chi connectivity index (χ1n) is 4.42. The first-order chi connectivity index (χ1) is 6.77. The van der Waals surface area contributed by atoms with Crippen LogP contribution in [0.3, 0.4) is 0 Å². The fourth-order valence-electron chi connectivity index (χ4n) is 1.21. The van der Waals surface area contributed by atoms with E-state index in [9.17, 15) is 0 Å². The maximum atomic E-state index is 5.67. The van der Waals surface area contributed by atoms with Crippen molar-refractivity contribution in [2.45, 2.75) is 12.8 Å². The zero-order valence-corrected chi connectivity index (χ0v) is 7.98. The van der Waals surface area contributed by atoms with E-state index in [1.54, 1.807) is 0 Å². The van der Waals surface area contributed by atoms with E-state index in [1.807, 2.05) is 6.08 Å². The normalized spacial score (nSPS) is 18.2. The highest BCUT2D eigenvalue weighted by atomic mass is 15.2. The molecular formula is C9H15N5. The summed E-state index contributed by atoms with van der Waals surface area (Å²) in [6.07, 6.45) is 6.81. The van der Waals surface area contributed by atoms with Crippen LogP contribution in [-0.4, -0.2) is 18.7 Å². The van der Waals surface area contributed by atoms with Crippen molar-refractivity contribution in [2.24, 2.45) is 27.4 Å². The van der Waals surface area contributed by atoms with Gasteiger partial charge in [0.25, 0.3) is 0 Å². The monoisotopic (exact) mass is 193 g/mol.